The number of carbonyl (C=O) groups excluding carboxylic acids is 3. The smallest absolute Gasteiger partial charge is 0.311 e. The van der Waals surface area contributed by atoms with Crippen molar-refractivity contribution in [1.29, 1.82) is 0 Å². The second-order valence-corrected chi connectivity index (χ2v) is 6.90. The Morgan fingerprint density at radius 1 is 0.920 bits per heavy atom. The summed E-state index contributed by atoms with van der Waals surface area (Å²) in [6, 6.07) is 11.8. The summed E-state index contributed by atoms with van der Waals surface area (Å²) in [5, 5.41) is 0. The lowest BCUT2D eigenvalue weighted by atomic mass is 9.83. The van der Waals surface area contributed by atoms with Crippen molar-refractivity contribution in [3.63, 3.8) is 0 Å². The van der Waals surface area contributed by atoms with Gasteiger partial charge in [-0.25, -0.2) is 0 Å². The quantitative estimate of drug-likeness (QED) is 0.677. The van der Waals surface area contributed by atoms with E-state index < -0.39 is 5.41 Å². The number of rotatable bonds is 4. The highest BCUT2D eigenvalue weighted by Gasteiger charge is 2.30. The van der Waals surface area contributed by atoms with Crippen LogP contribution in [0.25, 0.3) is 0 Å². The van der Waals surface area contributed by atoms with Gasteiger partial charge in [0.2, 0.25) is 0 Å². The molecule has 4 nitrogen and oxygen atoms in total. The predicted octanol–water partition coefficient (Wildman–Crippen LogP) is 3.94. The fourth-order valence-electron chi connectivity index (χ4n) is 2.72. The summed E-state index contributed by atoms with van der Waals surface area (Å²) in [7, 11) is 0. The van der Waals surface area contributed by atoms with Gasteiger partial charge in [0.25, 0.3) is 0 Å². The van der Waals surface area contributed by atoms with Crippen molar-refractivity contribution < 1.29 is 19.1 Å². The van der Waals surface area contributed by atoms with E-state index in [4.69, 9.17) is 4.74 Å². The number of hydrogen-bond acceptors (Lipinski definition) is 4. The molecule has 25 heavy (non-hydrogen) atoms. The Balaban J connectivity index is 1.87. The molecule has 1 aliphatic carbocycles. The van der Waals surface area contributed by atoms with E-state index in [1.165, 1.54) is 0 Å². The number of carbonyl (C=O) groups is 3. The van der Waals surface area contributed by atoms with Crippen LogP contribution in [0.3, 0.4) is 0 Å². The minimum Gasteiger partial charge on any atom is -0.460 e. The van der Waals surface area contributed by atoms with Gasteiger partial charge in [-0.2, -0.15) is 0 Å². The van der Waals surface area contributed by atoms with Crippen molar-refractivity contribution in [2.75, 3.05) is 0 Å². The highest BCUT2D eigenvalue weighted by atomic mass is 16.5. The predicted molar refractivity (Wildman–Crippen MR) is 93.6 cm³/mol. The van der Waals surface area contributed by atoms with Crippen molar-refractivity contribution in [3.8, 4) is 0 Å². The molecule has 128 valence electrons. The molecular weight excluding hydrogens is 316 g/mol. The number of ketones is 2. The Hall–Kier alpha value is -2.75. The molecule has 0 radical (unpaired) electrons. The first-order chi connectivity index (χ1) is 11.8. The van der Waals surface area contributed by atoms with Crippen molar-refractivity contribution in [3.05, 3.63) is 70.3 Å². The average Bonchev–Trinajstić information content (AvgIpc) is 2.63. The van der Waals surface area contributed by atoms with E-state index in [9.17, 15) is 14.4 Å². The van der Waals surface area contributed by atoms with Gasteiger partial charge in [-0.15, -0.1) is 0 Å². The third kappa shape index (κ3) is 3.00. The summed E-state index contributed by atoms with van der Waals surface area (Å²) < 4.78 is 5.37. The average molecular weight is 336 g/mol. The standard InChI is InChI=1S/C21H20O4/c1-4-21(2,3)20(24)25-12-13-9-10-16-17(11-13)19(23)15-8-6-5-7-14(15)18(16)22/h5-11H,4,12H2,1-3H3. The lowest BCUT2D eigenvalue weighted by molar-refractivity contribution is -0.155. The molecule has 1 aliphatic rings. The normalized spacial score (nSPS) is 13.2. The molecule has 0 fully saturated rings. The van der Waals surface area contributed by atoms with Crippen LogP contribution in [0.4, 0.5) is 0 Å². The van der Waals surface area contributed by atoms with Crippen LogP contribution in [0, 0.1) is 5.41 Å². The van der Waals surface area contributed by atoms with Gasteiger partial charge in [0, 0.05) is 22.3 Å². The van der Waals surface area contributed by atoms with Crippen molar-refractivity contribution in [2.24, 2.45) is 5.41 Å². The Morgan fingerprint density at radius 2 is 1.48 bits per heavy atom. The molecule has 0 saturated carbocycles. The molecule has 4 heteroatoms. The van der Waals surface area contributed by atoms with Gasteiger partial charge in [0.05, 0.1) is 5.41 Å². The lowest BCUT2D eigenvalue weighted by Gasteiger charge is -2.21. The fourth-order valence-corrected chi connectivity index (χ4v) is 2.72. The van der Waals surface area contributed by atoms with E-state index >= 15 is 0 Å². The summed E-state index contributed by atoms with van der Waals surface area (Å²) in [5.41, 5.74) is 1.77. The van der Waals surface area contributed by atoms with Crippen LogP contribution in [-0.4, -0.2) is 17.5 Å². The molecule has 0 aliphatic heterocycles. The highest BCUT2D eigenvalue weighted by Crippen LogP contribution is 2.28. The molecule has 0 unspecified atom stereocenters. The summed E-state index contributed by atoms with van der Waals surface area (Å²) in [4.78, 5) is 37.3. The number of fused-ring (bicyclic) bond motifs is 2. The molecule has 0 amide bonds. The maximum Gasteiger partial charge on any atom is 0.311 e. The first-order valence-corrected chi connectivity index (χ1v) is 8.33. The summed E-state index contributed by atoms with van der Waals surface area (Å²) in [5.74, 6) is -0.603. The third-order valence-electron chi connectivity index (χ3n) is 4.80. The third-order valence-corrected chi connectivity index (χ3v) is 4.80. The van der Waals surface area contributed by atoms with E-state index in [1.54, 1.807) is 42.5 Å². The van der Waals surface area contributed by atoms with Gasteiger partial charge in [-0.1, -0.05) is 37.3 Å². The molecule has 0 N–H and O–H groups in total. The summed E-state index contributed by atoms with van der Waals surface area (Å²) in [6.45, 7) is 5.68. The monoisotopic (exact) mass is 336 g/mol. The van der Waals surface area contributed by atoms with Crippen LogP contribution in [-0.2, 0) is 16.1 Å². The Kier molecular flexibility index (Phi) is 4.29. The molecule has 2 aromatic rings. The molecule has 0 aromatic heterocycles. The molecular formula is C21H20O4. The molecule has 0 atom stereocenters. The number of esters is 1. The second kappa shape index (κ2) is 6.28. The first kappa shape index (κ1) is 17.1. The Bertz CT molecular complexity index is 877. The minimum absolute atomic E-state index is 0.0820. The Labute approximate surface area is 146 Å². The van der Waals surface area contributed by atoms with Crippen LogP contribution < -0.4 is 0 Å². The largest absolute Gasteiger partial charge is 0.460 e. The Morgan fingerprint density at radius 3 is 2.08 bits per heavy atom. The molecule has 2 aromatic carbocycles. The van der Waals surface area contributed by atoms with Crippen LogP contribution in [0.15, 0.2) is 42.5 Å². The van der Waals surface area contributed by atoms with E-state index in [1.807, 2.05) is 20.8 Å². The first-order valence-electron chi connectivity index (χ1n) is 8.33. The van der Waals surface area contributed by atoms with Gasteiger partial charge in [-0.05, 0) is 38.0 Å². The van der Waals surface area contributed by atoms with E-state index in [0.29, 0.717) is 34.2 Å². The SMILES string of the molecule is CCC(C)(C)C(=O)OCc1ccc2c(c1)C(=O)c1ccccc1C2=O. The number of benzene rings is 2. The lowest BCUT2D eigenvalue weighted by Crippen LogP contribution is -2.25. The van der Waals surface area contributed by atoms with Crippen LogP contribution >= 0.6 is 0 Å². The summed E-state index contributed by atoms with van der Waals surface area (Å²) >= 11 is 0. The van der Waals surface area contributed by atoms with Gasteiger partial charge >= 0.3 is 5.97 Å². The van der Waals surface area contributed by atoms with Crippen molar-refractivity contribution in [2.45, 2.75) is 33.8 Å². The molecule has 0 heterocycles. The molecule has 0 spiro atoms. The zero-order valence-electron chi connectivity index (χ0n) is 14.6. The second-order valence-electron chi connectivity index (χ2n) is 6.90. The van der Waals surface area contributed by atoms with Crippen molar-refractivity contribution >= 4 is 17.5 Å². The highest BCUT2D eigenvalue weighted by molar-refractivity contribution is 6.28. The maximum atomic E-state index is 12.7. The van der Waals surface area contributed by atoms with Gasteiger partial charge < -0.3 is 4.74 Å². The topological polar surface area (TPSA) is 60.4 Å². The molecule has 0 saturated heterocycles. The molecule has 0 bridgehead atoms. The molecule has 3 rings (SSSR count). The van der Waals surface area contributed by atoms with E-state index in [-0.39, 0.29) is 24.1 Å². The van der Waals surface area contributed by atoms with Crippen LogP contribution in [0.1, 0.15) is 64.6 Å². The zero-order valence-corrected chi connectivity index (χ0v) is 14.6. The van der Waals surface area contributed by atoms with Gasteiger partial charge in [-0.3, -0.25) is 14.4 Å². The van der Waals surface area contributed by atoms with Crippen LogP contribution in [0.2, 0.25) is 0 Å². The van der Waals surface area contributed by atoms with Crippen molar-refractivity contribution in [1.82, 2.24) is 0 Å². The fraction of sp³-hybridized carbons (Fsp3) is 0.286. The summed E-state index contributed by atoms with van der Waals surface area (Å²) in [6.07, 6.45) is 0.680. The van der Waals surface area contributed by atoms with Crippen LogP contribution in [0.5, 0.6) is 0 Å². The van der Waals surface area contributed by atoms with Gasteiger partial charge in [0.1, 0.15) is 6.61 Å². The number of hydrogen-bond donors (Lipinski definition) is 0. The maximum absolute atomic E-state index is 12.7. The number of ether oxygens (including phenoxy) is 1. The zero-order chi connectivity index (χ0) is 18.2. The van der Waals surface area contributed by atoms with E-state index in [2.05, 4.69) is 0 Å². The minimum atomic E-state index is -0.543. The van der Waals surface area contributed by atoms with E-state index in [0.717, 1.165) is 0 Å². The van der Waals surface area contributed by atoms with Gasteiger partial charge in [0.15, 0.2) is 11.6 Å².